The molecule has 20 heavy (non-hydrogen) atoms. The molecule has 112 valence electrons. The van der Waals surface area contributed by atoms with Gasteiger partial charge in [-0.2, -0.15) is 0 Å². The smallest absolute Gasteiger partial charge is 0.0164 e. The zero-order chi connectivity index (χ0) is 14.4. The molecule has 2 bridgehead atoms. The maximum absolute atomic E-state index is 5.48. The monoisotopic (exact) mass is 275 g/mol. The highest BCUT2D eigenvalue weighted by Gasteiger charge is 2.27. The van der Waals surface area contributed by atoms with Crippen LogP contribution < -0.4 is 16.4 Å². The fourth-order valence-electron chi connectivity index (χ4n) is 3.10. The van der Waals surface area contributed by atoms with Crippen LogP contribution in [0.1, 0.15) is 33.1 Å². The van der Waals surface area contributed by atoms with E-state index in [1.165, 1.54) is 24.0 Å². The fourth-order valence-corrected chi connectivity index (χ4v) is 3.10. The maximum Gasteiger partial charge on any atom is 0.0164 e. The summed E-state index contributed by atoms with van der Waals surface area (Å²) in [4.78, 5) is 0. The van der Waals surface area contributed by atoms with E-state index in [-0.39, 0.29) is 0 Å². The summed E-state index contributed by atoms with van der Waals surface area (Å²) in [5.41, 5.74) is 10.0. The van der Waals surface area contributed by atoms with Crippen LogP contribution in [0.2, 0.25) is 0 Å². The minimum absolute atomic E-state index is 0.675. The summed E-state index contributed by atoms with van der Waals surface area (Å²) < 4.78 is 0. The number of fused-ring (bicyclic) bond motifs is 2. The molecule has 3 nitrogen and oxygen atoms in total. The summed E-state index contributed by atoms with van der Waals surface area (Å²) in [6.45, 7) is 8.61. The van der Waals surface area contributed by atoms with Crippen LogP contribution in [0.25, 0.3) is 0 Å². The first-order valence-corrected chi connectivity index (χ1v) is 7.97. The van der Waals surface area contributed by atoms with Gasteiger partial charge in [0.25, 0.3) is 0 Å². The Bertz CT molecular complexity index is 400. The third-order valence-electron chi connectivity index (χ3n) is 4.26. The van der Waals surface area contributed by atoms with Crippen molar-refractivity contribution in [3.8, 4) is 0 Å². The number of rotatable bonds is 4. The molecule has 0 saturated carbocycles. The van der Waals surface area contributed by atoms with Crippen LogP contribution in [0.5, 0.6) is 0 Å². The lowest BCUT2D eigenvalue weighted by Crippen LogP contribution is -2.46. The summed E-state index contributed by atoms with van der Waals surface area (Å²) in [5, 5.41) is 6.59. The Hall–Kier alpha value is -0.900. The highest BCUT2D eigenvalue weighted by atomic mass is 15.0. The second kappa shape index (κ2) is 7.77. The molecule has 2 unspecified atom stereocenters. The minimum atomic E-state index is 0.675. The van der Waals surface area contributed by atoms with Crippen molar-refractivity contribution in [2.24, 2.45) is 11.7 Å². The molecule has 0 aromatic rings. The average molecular weight is 275 g/mol. The highest BCUT2D eigenvalue weighted by Crippen LogP contribution is 2.42. The van der Waals surface area contributed by atoms with Gasteiger partial charge in [-0.3, -0.25) is 0 Å². The standard InChI is InChI=1S/C12H17N.C5H12N2/c1-9-8-10-5-6-11(9)12(10)4-2-3-7-13;1-5-4-6-2-3-7-5/h5-6,8,12H,2-4,7,13H2,1H3;5-7H,2-4H2,1H3. The van der Waals surface area contributed by atoms with Gasteiger partial charge in [0.05, 0.1) is 0 Å². The van der Waals surface area contributed by atoms with Crippen molar-refractivity contribution < 1.29 is 0 Å². The minimum Gasteiger partial charge on any atom is -0.330 e. The van der Waals surface area contributed by atoms with Gasteiger partial charge in [-0.15, -0.1) is 0 Å². The summed E-state index contributed by atoms with van der Waals surface area (Å²) in [7, 11) is 0. The number of nitrogens with one attached hydrogen (secondary N) is 2. The van der Waals surface area contributed by atoms with E-state index in [0.29, 0.717) is 12.0 Å². The first kappa shape index (κ1) is 15.5. The zero-order valence-corrected chi connectivity index (χ0v) is 12.9. The van der Waals surface area contributed by atoms with Crippen LogP contribution in [0.4, 0.5) is 0 Å². The zero-order valence-electron chi connectivity index (χ0n) is 12.9. The molecule has 1 saturated heterocycles. The number of allylic oxidation sites excluding steroid dienone is 6. The molecule has 3 rings (SSSR count). The van der Waals surface area contributed by atoms with Crippen molar-refractivity contribution in [2.45, 2.75) is 39.2 Å². The predicted octanol–water partition coefficient (Wildman–Crippen LogP) is 2.13. The molecule has 0 spiro atoms. The Morgan fingerprint density at radius 1 is 1.25 bits per heavy atom. The summed E-state index contributed by atoms with van der Waals surface area (Å²) in [5.74, 6) is 0.714. The molecule has 1 heterocycles. The van der Waals surface area contributed by atoms with E-state index in [0.717, 1.165) is 32.6 Å². The SMILES string of the molecule is CC1=CC2=CC=C1C2CCCCN.CC1CNCCN1. The van der Waals surface area contributed by atoms with Crippen molar-refractivity contribution in [3.05, 3.63) is 34.9 Å². The third kappa shape index (κ3) is 4.05. The van der Waals surface area contributed by atoms with Crippen LogP contribution >= 0.6 is 0 Å². The van der Waals surface area contributed by atoms with Crippen molar-refractivity contribution in [3.63, 3.8) is 0 Å². The summed E-state index contributed by atoms with van der Waals surface area (Å²) in [6.07, 6.45) is 10.6. The Labute approximate surface area is 123 Å². The molecule has 3 aliphatic rings. The van der Waals surface area contributed by atoms with Crippen molar-refractivity contribution in [1.29, 1.82) is 0 Å². The van der Waals surface area contributed by atoms with Crippen LogP contribution in [-0.4, -0.2) is 32.2 Å². The second-order valence-corrected chi connectivity index (χ2v) is 6.01. The molecule has 2 aliphatic carbocycles. The molecular weight excluding hydrogens is 246 g/mol. The van der Waals surface area contributed by atoms with Crippen molar-refractivity contribution in [2.75, 3.05) is 26.2 Å². The van der Waals surface area contributed by atoms with Gasteiger partial charge < -0.3 is 16.4 Å². The first-order valence-electron chi connectivity index (χ1n) is 7.97. The van der Waals surface area contributed by atoms with Crippen LogP contribution in [0, 0.1) is 5.92 Å². The Balaban J connectivity index is 0.000000178. The van der Waals surface area contributed by atoms with Crippen LogP contribution in [-0.2, 0) is 0 Å². The molecule has 2 atom stereocenters. The second-order valence-electron chi connectivity index (χ2n) is 6.01. The maximum atomic E-state index is 5.48. The normalized spacial score (nSPS) is 27.4. The van der Waals surface area contributed by atoms with E-state index >= 15 is 0 Å². The summed E-state index contributed by atoms with van der Waals surface area (Å²) >= 11 is 0. The van der Waals surface area contributed by atoms with E-state index < -0.39 is 0 Å². The van der Waals surface area contributed by atoms with Gasteiger partial charge in [-0.25, -0.2) is 0 Å². The van der Waals surface area contributed by atoms with E-state index in [2.05, 4.69) is 42.7 Å². The van der Waals surface area contributed by atoms with Crippen molar-refractivity contribution >= 4 is 0 Å². The predicted molar refractivity (Wildman–Crippen MR) is 86.7 cm³/mol. The van der Waals surface area contributed by atoms with Gasteiger partial charge in [-0.1, -0.05) is 24.6 Å². The van der Waals surface area contributed by atoms with Crippen molar-refractivity contribution in [1.82, 2.24) is 10.6 Å². The molecule has 1 fully saturated rings. The van der Waals surface area contributed by atoms with E-state index in [4.69, 9.17) is 5.73 Å². The highest BCUT2D eigenvalue weighted by molar-refractivity contribution is 5.57. The quantitative estimate of drug-likeness (QED) is 0.689. The Morgan fingerprint density at radius 2 is 2.10 bits per heavy atom. The number of unbranched alkanes of at least 4 members (excludes halogenated alkanes) is 1. The average Bonchev–Trinajstić information content (AvgIpc) is 2.97. The van der Waals surface area contributed by atoms with Gasteiger partial charge in [0.2, 0.25) is 0 Å². The molecular formula is C17H29N3. The van der Waals surface area contributed by atoms with E-state index in [1.807, 2.05) is 0 Å². The molecule has 0 aromatic carbocycles. The van der Waals surface area contributed by atoms with Gasteiger partial charge in [-0.05, 0) is 50.0 Å². The number of hydrogen-bond donors (Lipinski definition) is 3. The van der Waals surface area contributed by atoms with Gasteiger partial charge in [0.15, 0.2) is 0 Å². The van der Waals surface area contributed by atoms with Crippen LogP contribution in [0.3, 0.4) is 0 Å². The Morgan fingerprint density at radius 3 is 2.55 bits per heavy atom. The lowest BCUT2D eigenvalue weighted by molar-refractivity contribution is 0.442. The molecule has 1 aliphatic heterocycles. The summed E-state index contributed by atoms with van der Waals surface area (Å²) in [6, 6.07) is 0.675. The fraction of sp³-hybridized carbons (Fsp3) is 0.647. The van der Waals surface area contributed by atoms with Gasteiger partial charge >= 0.3 is 0 Å². The van der Waals surface area contributed by atoms with E-state index in [1.54, 1.807) is 5.57 Å². The number of hydrogen-bond acceptors (Lipinski definition) is 3. The molecule has 4 N–H and O–H groups in total. The first-order chi connectivity index (χ1) is 9.72. The number of piperazine rings is 1. The molecule has 0 amide bonds. The lowest BCUT2D eigenvalue weighted by Gasteiger charge is -2.19. The topological polar surface area (TPSA) is 50.1 Å². The van der Waals surface area contributed by atoms with Gasteiger partial charge in [0, 0.05) is 31.6 Å². The van der Waals surface area contributed by atoms with Crippen LogP contribution in [0.15, 0.2) is 34.9 Å². The number of nitrogens with two attached hydrogens (primary N) is 1. The Kier molecular flexibility index (Phi) is 6.02. The molecule has 0 radical (unpaired) electrons. The third-order valence-corrected chi connectivity index (χ3v) is 4.26. The molecule has 3 heteroatoms. The lowest BCUT2D eigenvalue weighted by atomic mass is 9.94. The largest absolute Gasteiger partial charge is 0.330 e. The molecule has 0 aromatic heterocycles. The van der Waals surface area contributed by atoms with E-state index in [9.17, 15) is 0 Å². The van der Waals surface area contributed by atoms with Gasteiger partial charge in [0.1, 0.15) is 0 Å².